The minimum atomic E-state index is 0.248. The Balaban J connectivity index is 2.27. The van der Waals surface area contributed by atoms with Crippen LogP contribution in [-0.4, -0.2) is 17.0 Å². The topological polar surface area (TPSA) is 20.2 Å². The SMILES string of the molecule is OCC1SC=C2C=CC=C21. The molecule has 2 rings (SSSR count). The molecule has 0 spiro atoms. The van der Waals surface area contributed by atoms with Crippen LogP contribution in [0.3, 0.4) is 0 Å². The molecule has 1 N–H and O–H groups in total. The molecule has 0 aromatic carbocycles. The van der Waals surface area contributed by atoms with Crippen molar-refractivity contribution in [1.82, 2.24) is 0 Å². The molecule has 0 aromatic heterocycles. The second-order valence-electron chi connectivity index (χ2n) is 2.36. The summed E-state index contributed by atoms with van der Waals surface area (Å²) < 4.78 is 0. The zero-order chi connectivity index (χ0) is 6.97. The second kappa shape index (κ2) is 2.29. The van der Waals surface area contributed by atoms with Gasteiger partial charge in [0, 0.05) is 0 Å². The molecule has 0 bridgehead atoms. The van der Waals surface area contributed by atoms with Crippen molar-refractivity contribution < 1.29 is 5.11 Å². The van der Waals surface area contributed by atoms with Gasteiger partial charge in [0.15, 0.2) is 0 Å². The van der Waals surface area contributed by atoms with E-state index in [4.69, 9.17) is 5.11 Å². The highest BCUT2D eigenvalue weighted by molar-refractivity contribution is 8.03. The van der Waals surface area contributed by atoms with E-state index in [-0.39, 0.29) is 6.61 Å². The molecule has 1 heterocycles. The van der Waals surface area contributed by atoms with E-state index in [0.717, 1.165) is 0 Å². The molecule has 0 saturated heterocycles. The van der Waals surface area contributed by atoms with Crippen LogP contribution in [0.2, 0.25) is 0 Å². The second-order valence-corrected chi connectivity index (χ2v) is 3.44. The first-order valence-electron chi connectivity index (χ1n) is 3.27. The van der Waals surface area contributed by atoms with Crippen molar-refractivity contribution in [1.29, 1.82) is 0 Å². The molecule has 0 radical (unpaired) electrons. The standard InChI is InChI=1S/C8H8OS/c9-4-8-7-3-1-2-6(7)5-10-8/h1-3,5,8-9H,4H2. The van der Waals surface area contributed by atoms with Gasteiger partial charge in [0.05, 0.1) is 11.9 Å². The van der Waals surface area contributed by atoms with Gasteiger partial charge in [-0.15, -0.1) is 11.8 Å². The Morgan fingerprint density at radius 1 is 1.60 bits per heavy atom. The first-order valence-corrected chi connectivity index (χ1v) is 4.21. The fourth-order valence-corrected chi connectivity index (χ4v) is 2.19. The molecule has 0 amide bonds. The lowest BCUT2D eigenvalue weighted by atomic mass is 10.1. The Hall–Kier alpha value is -0.470. The van der Waals surface area contributed by atoms with Crippen molar-refractivity contribution in [3.63, 3.8) is 0 Å². The van der Waals surface area contributed by atoms with Crippen LogP contribution in [0.15, 0.2) is 34.8 Å². The van der Waals surface area contributed by atoms with Crippen molar-refractivity contribution in [2.24, 2.45) is 0 Å². The smallest absolute Gasteiger partial charge is 0.0594 e. The van der Waals surface area contributed by atoms with E-state index in [1.807, 2.05) is 6.08 Å². The molecule has 2 heteroatoms. The molecule has 1 nitrogen and oxygen atoms in total. The summed E-state index contributed by atoms with van der Waals surface area (Å²) >= 11 is 1.70. The quantitative estimate of drug-likeness (QED) is 0.614. The van der Waals surface area contributed by atoms with Crippen molar-refractivity contribution in [2.45, 2.75) is 5.25 Å². The van der Waals surface area contributed by atoms with Gasteiger partial charge in [-0.1, -0.05) is 18.2 Å². The van der Waals surface area contributed by atoms with Crippen molar-refractivity contribution in [3.8, 4) is 0 Å². The maximum Gasteiger partial charge on any atom is 0.0594 e. The number of aliphatic hydroxyl groups excluding tert-OH is 1. The van der Waals surface area contributed by atoms with Crippen molar-refractivity contribution in [2.75, 3.05) is 6.61 Å². The fraction of sp³-hybridized carbons (Fsp3) is 0.250. The minimum absolute atomic E-state index is 0.248. The number of allylic oxidation sites excluding steroid dienone is 4. The van der Waals surface area contributed by atoms with Gasteiger partial charge in [0.1, 0.15) is 0 Å². The highest BCUT2D eigenvalue weighted by Crippen LogP contribution is 2.37. The summed E-state index contributed by atoms with van der Waals surface area (Å²) in [5.74, 6) is 0. The molecule has 1 aliphatic heterocycles. The Morgan fingerprint density at radius 2 is 2.50 bits per heavy atom. The summed E-state index contributed by atoms with van der Waals surface area (Å²) in [7, 11) is 0. The van der Waals surface area contributed by atoms with Crippen LogP contribution in [0.5, 0.6) is 0 Å². The van der Waals surface area contributed by atoms with Gasteiger partial charge >= 0.3 is 0 Å². The molecule has 0 fully saturated rings. The number of aliphatic hydroxyl groups is 1. The molecular weight excluding hydrogens is 144 g/mol. The van der Waals surface area contributed by atoms with Gasteiger partial charge in [-0.25, -0.2) is 0 Å². The highest BCUT2D eigenvalue weighted by atomic mass is 32.2. The van der Waals surface area contributed by atoms with E-state index in [1.165, 1.54) is 11.1 Å². The molecule has 52 valence electrons. The maximum atomic E-state index is 8.89. The first-order chi connectivity index (χ1) is 4.92. The average Bonchev–Trinajstić information content (AvgIpc) is 2.44. The van der Waals surface area contributed by atoms with Crippen LogP contribution in [-0.2, 0) is 0 Å². The molecular formula is C8H8OS. The van der Waals surface area contributed by atoms with Crippen molar-refractivity contribution in [3.05, 3.63) is 34.8 Å². The average molecular weight is 152 g/mol. The molecule has 2 aliphatic rings. The lowest BCUT2D eigenvalue weighted by Crippen LogP contribution is -2.06. The van der Waals surface area contributed by atoms with E-state index in [1.54, 1.807) is 11.8 Å². The van der Waals surface area contributed by atoms with Gasteiger partial charge < -0.3 is 5.11 Å². The molecule has 10 heavy (non-hydrogen) atoms. The Morgan fingerprint density at radius 3 is 3.30 bits per heavy atom. The van der Waals surface area contributed by atoms with E-state index in [0.29, 0.717) is 5.25 Å². The van der Waals surface area contributed by atoms with Crippen LogP contribution >= 0.6 is 11.8 Å². The molecule has 1 aliphatic carbocycles. The summed E-state index contributed by atoms with van der Waals surface area (Å²) in [6.07, 6.45) is 6.19. The third kappa shape index (κ3) is 0.762. The lowest BCUT2D eigenvalue weighted by molar-refractivity contribution is 0.305. The van der Waals surface area contributed by atoms with Gasteiger partial charge in [-0.05, 0) is 16.6 Å². The first kappa shape index (κ1) is 6.25. The number of thioether (sulfide) groups is 1. The van der Waals surface area contributed by atoms with Crippen LogP contribution in [0.1, 0.15) is 0 Å². The largest absolute Gasteiger partial charge is 0.395 e. The van der Waals surface area contributed by atoms with Crippen molar-refractivity contribution >= 4 is 11.8 Å². The normalized spacial score (nSPS) is 28.3. The summed E-state index contributed by atoms with van der Waals surface area (Å²) in [6, 6.07) is 0. The summed E-state index contributed by atoms with van der Waals surface area (Å²) in [6.45, 7) is 0.248. The summed E-state index contributed by atoms with van der Waals surface area (Å²) in [5, 5.41) is 11.3. The van der Waals surface area contributed by atoms with E-state index in [2.05, 4.69) is 17.6 Å². The number of hydrogen-bond acceptors (Lipinski definition) is 2. The van der Waals surface area contributed by atoms with Gasteiger partial charge in [0.25, 0.3) is 0 Å². The number of fused-ring (bicyclic) bond motifs is 1. The number of rotatable bonds is 1. The van der Waals surface area contributed by atoms with Crippen LogP contribution < -0.4 is 0 Å². The molecule has 0 saturated carbocycles. The Labute approximate surface area is 64.1 Å². The van der Waals surface area contributed by atoms with E-state index >= 15 is 0 Å². The van der Waals surface area contributed by atoms with Crippen LogP contribution in [0.4, 0.5) is 0 Å². The maximum absolute atomic E-state index is 8.89. The Bertz CT molecular complexity index is 238. The van der Waals surface area contributed by atoms with Gasteiger partial charge in [-0.3, -0.25) is 0 Å². The predicted octanol–water partition coefficient (Wildman–Crippen LogP) is 1.47. The third-order valence-corrected chi connectivity index (χ3v) is 2.88. The van der Waals surface area contributed by atoms with E-state index < -0.39 is 0 Å². The summed E-state index contributed by atoms with van der Waals surface area (Å²) in [4.78, 5) is 0. The third-order valence-electron chi connectivity index (χ3n) is 1.76. The van der Waals surface area contributed by atoms with Crippen LogP contribution in [0.25, 0.3) is 0 Å². The molecule has 1 unspecified atom stereocenters. The van der Waals surface area contributed by atoms with Gasteiger partial charge in [0.2, 0.25) is 0 Å². The van der Waals surface area contributed by atoms with Gasteiger partial charge in [-0.2, -0.15) is 0 Å². The Kier molecular flexibility index (Phi) is 1.43. The monoisotopic (exact) mass is 152 g/mol. The van der Waals surface area contributed by atoms with E-state index in [9.17, 15) is 0 Å². The molecule has 1 atom stereocenters. The van der Waals surface area contributed by atoms with Crippen LogP contribution in [0, 0.1) is 0 Å². The molecule has 0 aromatic rings. The fourth-order valence-electron chi connectivity index (χ4n) is 1.22. The minimum Gasteiger partial charge on any atom is -0.395 e. The number of hydrogen-bond donors (Lipinski definition) is 1. The zero-order valence-corrected chi connectivity index (χ0v) is 6.27. The lowest BCUT2D eigenvalue weighted by Gasteiger charge is -2.05. The zero-order valence-electron chi connectivity index (χ0n) is 5.45. The summed E-state index contributed by atoms with van der Waals surface area (Å²) in [5.41, 5.74) is 2.57. The predicted molar refractivity (Wildman–Crippen MR) is 43.8 cm³/mol. The highest BCUT2D eigenvalue weighted by Gasteiger charge is 2.22.